The number of sulfonamides is 1. The van der Waals surface area contributed by atoms with Crippen molar-refractivity contribution >= 4 is 43.4 Å². The molecular weight excluding hydrogens is 384 g/mol. The van der Waals surface area contributed by atoms with Crippen LogP contribution < -0.4 is 4.72 Å². The molecule has 21 heavy (non-hydrogen) atoms. The molecule has 0 saturated heterocycles. The summed E-state index contributed by atoms with van der Waals surface area (Å²) in [4.78, 5) is 0.229. The van der Waals surface area contributed by atoms with Gasteiger partial charge in [0.05, 0.1) is 0 Å². The lowest BCUT2D eigenvalue weighted by Gasteiger charge is -2.11. The molecule has 0 atom stereocenters. The maximum atomic E-state index is 13.8. The molecule has 2 aromatic rings. The third-order valence-electron chi connectivity index (χ3n) is 2.55. The Kier molecular flexibility index (Phi) is 4.90. The van der Waals surface area contributed by atoms with Crippen molar-refractivity contribution in [2.45, 2.75) is 9.79 Å². The van der Waals surface area contributed by atoms with Crippen LogP contribution in [0.3, 0.4) is 0 Å². The van der Waals surface area contributed by atoms with Crippen LogP contribution in [0.15, 0.2) is 50.7 Å². The number of rotatable bonds is 4. The van der Waals surface area contributed by atoms with Crippen molar-refractivity contribution < 1.29 is 17.2 Å². The highest BCUT2D eigenvalue weighted by atomic mass is 79.9. The number of thioether (sulfide) groups is 1. The molecule has 8 heteroatoms. The normalized spacial score (nSPS) is 11.4. The lowest BCUT2D eigenvalue weighted by atomic mass is 10.3. The van der Waals surface area contributed by atoms with Crippen molar-refractivity contribution in [3.05, 3.63) is 52.5 Å². The smallest absolute Gasteiger partial charge is 0.265 e. The average molecular weight is 394 g/mol. The average Bonchev–Trinajstić information content (AvgIpc) is 2.36. The van der Waals surface area contributed by atoms with E-state index in [4.69, 9.17) is 0 Å². The molecule has 0 unspecified atom stereocenters. The molecule has 0 aliphatic rings. The Balaban J connectivity index is 2.43. The van der Waals surface area contributed by atoms with Crippen LogP contribution in [-0.4, -0.2) is 14.7 Å². The molecule has 0 heterocycles. The fourth-order valence-electron chi connectivity index (χ4n) is 1.68. The van der Waals surface area contributed by atoms with Gasteiger partial charge in [-0.1, -0.05) is 6.07 Å². The molecule has 0 bridgehead atoms. The summed E-state index contributed by atoms with van der Waals surface area (Å²) < 4.78 is 53.4. The third-order valence-corrected chi connectivity index (χ3v) is 5.62. The van der Waals surface area contributed by atoms with Crippen molar-refractivity contribution in [1.82, 2.24) is 0 Å². The van der Waals surface area contributed by atoms with Crippen molar-refractivity contribution in [3.8, 4) is 0 Å². The molecule has 1 N–H and O–H groups in total. The van der Waals surface area contributed by atoms with Gasteiger partial charge in [0.25, 0.3) is 10.0 Å². The van der Waals surface area contributed by atoms with Crippen LogP contribution in [0.4, 0.5) is 14.5 Å². The van der Waals surface area contributed by atoms with E-state index in [1.165, 1.54) is 11.8 Å². The van der Waals surface area contributed by atoms with Gasteiger partial charge >= 0.3 is 0 Å². The number of halogens is 3. The minimum absolute atomic E-state index is 0.173. The van der Waals surface area contributed by atoms with Crippen molar-refractivity contribution in [2.24, 2.45) is 0 Å². The SMILES string of the molecule is CSc1cccc(NS(=O)(=O)c2c(F)cc(F)cc2Br)c1. The molecule has 0 aliphatic heterocycles. The summed E-state index contributed by atoms with van der Waals surface area (Å²) in [6, 6.07) is 8.09. The fourth-order valence-corrected chi connectivity index (χ4v) is 4.36. The van der Waals surface area contributed by atoms with Gasteiger partial charge in [-0.15, -0.1) is 11.8 Å². The molecule has 0 amide bonds. The van der Waals surface area contributed by atoms with E-state index < -0.39 is 26.6 Å². The highest BCUT2D eigenvalue weighted by molar-refractivity contribution is 9.10. The zero-order chi connectivity index (χ0) is 15.6. The summed E-state index contributed by atoms with van der Waals surface area (Å²) >= 11 is 4.32. The second kappa shape index (κ2) is 6.33. The fraction of sp³-hybridized carbons (Fsp3) is 0.0769. The Morgan fingerprint density at radius 2 is 1.90 bits per heavy atom. The zero-order valence-corrected chi connectivity index (χ0v) is 13.9. The minimum Gasteiger partial charge on any atom is -0.279 e. The van der Waals surface area contributed by atoms with E-state index in [0.717, 1.165) is 11.0 Å². The second-order valence-electron chi connectivity index (χ2n) is 4.04. The van der Waals surface area contributed by atoms with Crippen LogP contribution in [0.25, 0.3) is 0 Å². The first-order valence-electron chi connectivity index (χ1n) is 5.65. The van der Waals surface area contributed by atoms with E-state index >= 15 is 0 Å². The Bertz CT molecular complexity index is 758. The van der Waals surface area contributed by atoms with Crippen LogP contribution >= 0.6 is 27.7 Å². The molecule has 0 fully saturated rings. The summed E-state index contributed by atoms with van der Waals surface area (Å²) in [6.07, 6.45) is 1.85. The highest BCUT2D eigenvalue weighted by Crippen LogP contribution is 2.28. The number of benzene rings is 2. The van der Waals surface area contributed by atoms with Gasteiger partial charge in [0.15, 0.2) is 0 Å². The van der Waals surface area contributed by atoms with E-state index in [2.05, 4.69) is 20.7 Å². The van der Waals surface area contributed by atoms with Crippen LogP contribution in [0, 0.1) is 11.6 Å². The first kappa shape index (κ1) is 16.3. The van der Waals surface area contributed by atoms with Crippen molar-refractivity contribution in [3.63, 3.8) is 0 Å². The Labute approximate surface area is 133 Å². The van der Waals surface area contributed by atoms with Crippen LogP contribution in [0.2, 0.25) is 0 Å². The topological polar surface area (TPSA) is 46.2 Å². The van der Waals surface area contributed by atoms with Crippen LogP contribution in [0.5, 0.6) is 0 Å². The number of hydrogen-bond acceptors (Lipinski definition) is 3. The predicted octanol–water partition coefficient (Wildman–Crippen LogP) is 4.25. The lowest BCUT2D eigenvalue weighted by molar-refractivity contribution is 0.548. The number of nitrogens with one attached hydrogen (secondary N) is 1. The monoisotopic (exact) mass is 393 g/mol. The van der Waals surface area contributed by atoms with E-state index in [1.807, 2.05) is 12.3 Å². The zero-order valence-electron chi connectivity index (χ0n) is 10.7. The van der Waals surface area contributed by atoms with Gasteiger partial charge in [0.2, 0.25) is 0 Å². The maximum Gasteiger partial charge on any atom is 0.265 e. The van der Waals surface area contributed by atoms with Gasteiger partial charge in [-0.2, -0.15) is 0 Å². The largest absolute Gasteiger partial charge is 0.279 e. The van der Waals surface area contributed by atoms with E-state index in [0.29, 0.717) is 11.8 Å². The first-order chi connectivity index (χ1) is 9.83. The Morgan fingerprint density at radius 1 is 1.19 bits per heavy atom. The Morgan fingerprint density at radius 3 is 2.52 bits per heavy atom. The molecule has 2 aromatic carbocycles. The van der Waals surface area contributed by atoms with Crippen molar-refractivity contribution in [1.29, 1.82) is 0 Å². The summed E-state index contributed by atoms with van der Waals surface area (Å²) in [5.41, 5.74) is 0.303. The van der Waals surface area contributed by atoms with Crippen LogP contribution in [0.1, 0.15) is 0 Å². The molecule has 0 aromatic heterocycles. The third kappa shape index (κ3) is 3.75. The molecule has 0 radical (unpaired) electrons. The molecule has 3 nitrogen and oxygen atoms in total. The predicted molar refractivity (Wildman–Crippen MR) is 83.1 cm³/mol. The van der Waals surface area contributed by atoms with E-state index in [1.54, 1.807) is 18.2 Å². The summed E-state index contributed by atoms with van der Waals surface area (Å²) in [6.45, 7) is 0. The summed E-state index contributed by atoms with van der Waals surface area (Å²) in [5.74, 6) is -2.02. The summed E-state index contributed by atoms with van der Waals surface area (Å²) in [7, 11) is -4.16. The van der Waals surface area contributed by atoms with Gasteiger partial charge in [-0.25, -0.2) is 17.2 Å². The van der Waals surface area contributed by atoms with Gasteiger partial charge in [-0.3, -0.25) is 4.72 Å². The van der Waals surface area contributed by atoms with E-state index in [-0.39, 0.29) is 4.47 Å². The number of hydrogen-bond donors (Lipinski definition) is 1. The maximum absolute atomic E-state index is 13.8. The molecule has 0 aliphatic carbocycles. The van der Waals surface area contributed by atoms with E-state index in [9.17, 15) is 17.2 Å². The first-order valence-corrected chi connectivity index (χ1v) is 9.15. The molecule has 112 valence electrons. The lowest BCUT2D eigenvalue weighted by Crippen LogP contribution is -2.15. The van der Waals surface area contributed by atoms with Gasteiger partial charge < -0.3 is 0 Å². The standard InChI is InChI=1S/C13H10BrF2NO2S2/c1-20-10-4-2-3-9(7-10)17-21(18,19)13-11(14)5-8(15)6-12(13)16/h2-7,17H,1H3. The van der Waals surface area contributed by atoms with Gasteiger partial charge in [-0.05, 0) is 46.5 Å². The quantitative estimate of drug-likeness (QED) is 0.789. The molecule has 2 rings (SSSR count). The van der Waals surface area contributed by atoms with Gasteiger partial charge in [0, 0.05) is 21.1 Å². The molecule has 0 saturated carbocycles. The minimum atomic E-state index is -4.16. The molecular formula is C13H10BrF2NO2S2. The van der Waals surface area contributed by atoms with Gasteiger partial charge in [0.1, 0.15) is 16.5 Å². The highest BCUT2D eigenvalue weighted by Gasteiger charge is 2.23. The van der Waals surface area contributed by atoms with Crippen molar-refractivity contribution in [2.75, 3.05) is 11.0 Å². The summed E-state index contributed by atoms with van der Waals surface area (Å²) in [5, 5.41) is 0. The second-order valence-corrected chi connectivity index (χ2v) is 7.39. The molecule has 0 spiro atoms. The van der Waals surface area contributed by atoms with Crippen LogP contribution in [-0.2, 0) is 10.0 Å². The number of anilines is 1. The Hall–Kier alpha value is -1.12.